The minimum absolute atomic E-state index is 0.639. The topological polar surface area (TPSA) is 67.1 Å². The molecule has 0 saturated heterocycles. The van der Waals surface area contributed by atoms with E-state index in [2.05, 4.69) is 61.6 Å². The number of hydrogen-bond donors (Lipinski definition) is 2. The molecule has 1 aliphatic heterocycles. The van der Waals surface area contributed by atoms with E-state index in [-0.39, 0.29) is 0 Å². The molecule has 0 saturated carbocycles. The first-order valence-corrected chi connectivity index (χ1v) is 8.67. The van der Waals surface area contributed by atoms with E-state index < -0.39 is 0 Å². The molecule has 1 aliphatic rings. The van der Waals surface area contributed by atoms with Gasteiger partial charge in [0.25, 0.3) is 0 Å². The second-order valence-electron chi connectivity index (χ2n) is 6.26. The minimum Gasteiger partial charge on any atom is -0.352 e. The van der Waals surface area contributed by atoms with E-state index in [1.165, 1.54) is 30.4 Å². The zero-order chi connectivity index (χ0) is 16.8. The Labute approximate surface area is 143 Å². The van der Waals surface area contributed by atoms with Crippen molar-refractivity contribution in [1.29, 1.82) is 0 Å². The van der Waals surface area contributed by atoms with Gasteiger partial charge in [0.1, 0.15) is 5.82 Å². The number of hydrogen-bond acceptors (Lipinski definition) is 3. The first-order chi connectivity index (χ1) is 11.8. The molecule has 2 N–H and O–H groups in total. The van der Waals surface area contributed by atoms with Crippen LogP contribution in [0.25, 0.3) is 0 Å². The van der Waals surface area contributed by atoms with E-state index in [0.717, 1.165) is 37.1 Å². The third-order valence-corrected chi connectivity index (χ3v) is 4.40. The number of rotatable bonds is 4. The summed E-state index contributed by atoms with van der Waals surface area (Å²) in [7, 11) is 1.79. The summed E-state index contributed by atoms with van der Waals surface area (Å²) in [6.07, 6.45) is 4.73. The summed E-state index contributed by atoms with van der Waals surface area (Å²) in [5, 5.41) is 15.4. The summed E-state index contributed by atoms with van der Waals surface area (Å²) < 4.78 is 2.26. The molecule has 6 nitrogen and oxygen atoms in total. The second kappa shape index (κ2) is 7.95. The Morgan fingerprint density at radius 2 is 1.88 bits per heavy atom. The third kappa shape index (κ3) is 4.13. The van der Waals surface area contributed by atoms with Gasteiger partial charge in [0, 0.05) is 26.6 Å². The average molecular weight is 326 g/mol. The average Bonchev–Trinajstić information content (AvgIpc) is 2.83. The maximum atomic E-state index is 4.34. The highest BCUT2D eigenvalue weighted by atomic mass is 15.3. The van der Waals surface area contributed by atoms with Crippen molar-refractivity contribution in [3.63, 3.8) is 0 Å². The molecule has 0 atom stereocenters. The van der Waals surface area contributed by atoms with Gasteiger partial charge in [0.2, 0.25) is 0 Å². The summed E-state index contributed by atoms with van der Waals surface area (Å²) in [5.74, 6) is 2.89. The molecule has 0 fully saturated rings. The molecule has 24 heavy (non-hydrogen) atoms. The van der Waals surface area contributed by atoms with Crippen molar-refractivity contribution in [3.8, 4) is 0 Å². The van der Waals surface area contributed by atoms with Gasteiger partial charge in [-0.2, -0.15) is 0 Å². The Hall–Kier alpha value is -2.37. The molecule has 2 heterocycles. The van der Waals surface area contributed by atoms with Crippen LogP contribution in [-0.2, 0) is 26.1 Å². The molecular weight excluding hydrogens is 300 g/mol. The van der Waals surface area contributed by atoms with Crippen LogP contribution in [0, 0.1) is 6.92 Å². The van der Waals surface area contributed by atoms with E-state index in [1.54, 1.807) is 7.05 Å². The molecule has 3 rings (SSSR count). The van der Waals surface area contributed by atoms with Crippen molar-refractivity contribution in [2.45, 2.75) is 52.2 Å². The lowest BCUT2D eigenvalue weighted by Gasteiger charge is -2.13. The Morgan fingerprint density at radius 3 is 2.67 bits per heavy atom. The minimum atomic E-state index is 0.639. The van der Waals surface area contributed by atoms with Gasteiger partial charge < -0.3 is 15.2 Å². The zero-order valence-corrected chi connectivity index (χ0v) is 14.5. The Morgan fingerprint density at radius 1 is 1.08 bits per heavy atom. The zero-order valence-electron chi connectivity index (χ0n) is 14.5. The first kappa shape index (κ1) is 16.5. The lowest BCUT2D eigenvalue weighted by molar-refractivity contribution is 0.596. The summed E-state index contributed by atoms with van der Waals surface area (Å²) >= 11 is 0. The predicted molar refractivity (Wildman–Crippen MR) is 95.8 cm³/mol. The van der Waals surface area contributed by atoms with Gasteiger partial charge >= 0.3 is 0 Å². The van der Waals surface area contributed by atoms with Crippen LogP contribution < -0.4 is 10.6 Å². The number of aliphatic imine (C=N–C) groups is 1. The van der Waals surface area contributed by atoms with Crippen LogP contribution in [0.5, 0.6) is 0 Å². The van der Waals surface area contributed by atoms with Gasteiger partial charge in [0.15, 0.2) is 11.8 Å². The molecule has 6 heteroatoms. The summed E-state index contributed by atoms with van der Waals surface area (Å²) in [6.45, 7) is 4.51. The quantitative estimate of drug-likeness (QED) is 0.667. The molecule has 0 aliphatic carbocycles. The number of fused-ring (bicyclic) bond motifs is 1. The number of nitrogens with one attached hydrogen (secondary N) is 2. The van der Waals surface area contributed by atoms with Gasteiger partial charge in [-0.1, -0.05) is 36.2 Å². The van der Waals surface area contributed by atoms with Crippen LogP contribution in [0.1, 0.15) is 42.0 Å². The highest BCUT2D eigenvalue weighted by molar-refractivity contribution is 5.79. The molecule has 0 unspecified atom stereocenters. The smallest absolute Gasteiger partial charge is 0.191 e. The molecule has 0 bridgehead atoms. The lowest BCUT2D eigenvalue weighted by atomic mass is 10.1. The Balaban J connectivity index is 1.55. The van der Waals surface area contributed by atoms with Crippen molar-refractivity contribution in [3.05, 3.63) is 47.0 Å². The SMILES string of the molecule is CN=C(NCc1ccc(C)cc1)NCc1nnc2n1CCCCC2. The number of benzene rings is 1. The summed E-state index contributed by atoms with van der Waals surface area (Å²) in [5.41, 5.74) is 2.51. The molecule has 0 amide bonds. The first-order valence-electron chi connectivity index (χ1n) is 8.67. The molecule has 1 aromatic carbocycles. The largest absolute Gasteiger partial charge is 0.352 e. The molecule has 2 aromatic rings. The van der Waals surface area contributed by atoms with E-state index in [1.807, 2.05) is 0 Å². The Kier molecular flexibility index (Phi) is 5.46. The number of nitrogens with zero attached hydrogens (tertiary/aromatic N) is 4. The van der Waals surface area contributed by atoms with Gasteiger partial charge in [-0.25, -0.2) is 0 Å². The van der Waals surface area contributed by atoms with E-state index in [9.17, 15) is 0 Å². The van der Waals surface area contributed by atoms with Gasteiger partial charge in [-0.05, 0) is 25.3 Å². The molecular formula is C18H26N6. The lowest BCUT2D eigenvalue weighted by Crippen LogP contribution is -2.37. The Bertz CT molecular complexity index is 686. The molecule has 1 aromatic heterocycles. The molecule has 0 radical (unpaired) electrons. The normalized spacial score (nSPS) is 14.8. The molecule has 0 spiro atoms. The monoisotopic (exact) mass is 326 g/mol. The van der Waals surface area contributed by atoms with Crippen LogP contribution in [0.15, 0.2) is 29.3 Å². The van der Waals surface area contributed by atoms with Gasteiger partial charge in [-0.15, -0.1) is 10.2 Å². The summed E-state index contributed by atoms with van der Waals surface area (Å²) in [4.78, 5) is 4.29. The van der Waals surface area contributed by atoms with Crippen LogP contribution in [0.2, 0.25) is 0 Å². The van der Waals surface area contributed by atoms with Gasteiger partial charge in [0.05, 0.1) is 6.54 Å². The van der Waals surface area contributed by atoms with Crippen molar-refractivity contribution in [2.75, 3.05) is 7.05 Å². The fourth-order valence-corrected chi connectivity index (χ4v) is 2.95. The van der Waals surface area contributed by atoms with Gasteiger partial charge in [-0.3, -0.25) is 4.99 Å². The predicted octanol–water partition coefficient (Wildman–Crippen LogP) is 2.18. The maximum absolute atomic E-state index is 4.34. The van der Waals surface area contributed by atoms with Crippen molar-refractivity contribution < 1.29 is 0 Å². The van der Waals surface area contributed by atoms with Crippen LogP contribution in [-0.4, -0.2) is 27.8 Å². The van der Waals surface area contributed by atoms with E-state index in [0.29, 0.717) is 6.54 Å². The van der Waals surface area contributed by atoms with Crippen molar-refractivity contribution in [2.24, 2.45) is 4.99 Å². The van der Waals surface area contributed by atoms with Crippen molar-refractivity contribution in [1.82, 2.24) is 25.4 Å². The van der Waals surface area contributed by atoms with Crippen LogP contribution in [0.4, 0.5) is 0 Å². The number of guanidine groups is 1. The van der Waals surface area contributed by atoms with E-state index >= 15 is 0 Å². The second-order valence-corrected chi connectivity index (χ2v) is 6.26. The standard InChI is InChI=1S/C18H26N6/c1-14-7-9-15(10-8-14)12-20-18(19-2)21-13-17-23-22-16-6-4-3-5-11-24(16)17/h7-10H,3-6,11-13H2,1-2H3,(H2,19,20,21). The maximum Gasteiger partial charge on any atom is 0.191 e. The number of aromatic nitrogens is 3. The summed E-state index contributed by atoms with van der Waals surface area (Å²) in [6, 6.07) is 8.51. The highest BCUT2D eigenvalue weighted by Crippen LogP contribution is 2.14. The fourth-order valence-electron chi connectivity index (χ4n) is 2.95. The number of aryl methyl sites for hydroxylation is 2. The fraction of sp³-hybridized carbons (Fsp3) is 0.500. The highest BCUT2D eigenvalue weighted by Gasteiger charge is 2.14. The van der Waals surface area contributed by atoms with E-state index in [4.69, 9.17) is 0 Å². The molecule has 128 valence electrons. The van der Waals surface area contributed by atoms with Crippen LogP contribution in [0.3, 0.4) is 0 Å². The third-order valence-electron chi connectivity index (χ3n) is 4.40. The van der Waals surface area contributed by atoms with Crippen molar-refractivity contribution >= 4 is 5.96 Å². The van der Waals surface area contributed by atoms with Crippen LogP contribution >= 0.6 is 0 Å².